The lowest BCUT2D eigenvalue weighted by Crippen LogP contribution is -1.94. The van der Waals surface area contributed by atoms with E-state index in [2.05, 4.69) is 9.97 Å². The SMILES string of the molecule is COc1ccc(F)cc1-c1cc(C)[nH]c(=S)n1. The normalized spacial score (nSPS) is 10.3. The number of hydrogen-bond donors (Lipinski definition) is 1. The van der Waals surface area contributed by atoms with E-state index in [1.54, 1.807) is 12.1 Å². The number of H-pyrrole nitrogens is 1. The fraction of sp³-hybridized carbons (Fsp3) is 0.167. The van der Waals surface area contributed by atoms with Crippen molar-refractivity contribution >= 4 is 12.2 Å². The fourth-order valence-corrected chi connectivity index (χ4v) is 1.86. The van der Waals surface area contributed by atoms with Gasteiger partial charge >= 0.3 is 0 Å². The lowest BCUT2D eigenvalue weighted by Gasteiger charge is -2.08. The lowest BCUT2D eigenvalue weighted by atomic mass is 10.1. The highest BCUT2D eigenvalue weighted by molar-refractivity contribution is 7.71. The highest BCUT2D eigenvalue weighted by Crippen LogP contribution is 2.29. The second kappa shape index (κ2) is 4.63. The summed E-state index contributed by atoms with van der Waals surface area (Å²) in [7, 11) is 1.53. The number of methoxy groups -OCH3 is 1. The molecule has 1 aromatic carbocycles. The molecule has 2 rings (SSSR count). The smallest absolute Gasteiger partial charge is 0.197 e. The van der Waals surface area contributed by atoms with Crippen LogP contribution in [0, 0.1) is 17.5 Å². The van der Waals surface area contributed by atoms with E-state index in [4.69, 9.17) is 17.0 Å². The number of hydrogen-bond acceptors (Lipinski definition) is 3. The Balaban J connectivity index is 2.66. The number of rotatable bonds is 2. The van der Waals surface area contributed by atoms with E-state index < -0.39 is 0 Å². The first-order chi connectivity index (χ1) is 8.10. The predicted molar refractivity (Wildman–Crippen MR) is 66.1 cm³/mol. The number of aromatic nitrogens is 2. The minimum absolute atomic E-state index is 0.334. The Kier molecular flexibility index (Phi) is 3.19. The van der Waals surface area contributed by atoms with Crippen LogP contribution in [0.1, 0.15) is 5.69 Å². The van der Waals surface area contributed by atoms with Gasteiger partial charge in [0.05, 0.1) is 12.8 Å². The maximum absolute atomic E-state index is 13.3. The molecule has 3 nitrogen and oxygen atoms in total. The Morgan fingerprint density at radius 3 is 2.76 bits per heavy atom. The van der Waals surface area contributed by atoms with Gasteiger partial charge in [0.15, 0.2) is 4.77 Å². The van der Waals surface area contributed by atoms with Crippen molar-refractivity contribution < 1.29 is 9.13 Å². The topological polar surface area (TPSA) is 37.9 Å². The summed E-state index contributed by atoms with van der Waals surface area (Å²) >= 11 is 5.00. The van der Waals surface area contributed by atoms with E-state index in [0.29, 0.717) is 21.8 Å². The summed E-state index contributed by atoms with van der Waals surface area (Å²) in [5.74, 6) is 0.234. The van der Waals surface area contributed by atoms with Crippen LogP contribution < -0.4 is 4.74 Å². The zero-order chi connectivity index (χ0) is 12.4. The van der Waals surface area contributed by atoms with Crippen LogP contribution in [0.5, 0.6) is 5.75 Å². The highest BCUT2D eigenvalue weighted by atomic mass is 32.1. The molecular formula is C12H11FN2OS. The molecule has 1 N–H and O–H groups in total. The summed E-state index contributed by atoms with van der Waals surface area (Å²) < 4.78 is 18.8. The third-order valence-electron chi connectivity index (χ3n) is 2.32. The molecule has 17 heavy (non-hydrogen) atoms. The van der Waals surface area contributed by atoms with Crippen LogP contribution in [0.25, 0.3) is 11.3 Å². The highest BCUT2D eigenvalue weighted by Gasteiger charge is 2.09. The van der Waals surface area contributed by atoms with Gasteiger partial charge in [0.25, 0.3) is 0 Å². The molecule has 0 aliphatic heterocycles. The average molecular weight is 250 g/mol. The van der Waals surface area contributed by atoms with Gasteiger partial charge < -0.3 is 9.72 Å². The maximum Gasteiger partial charge on any atom is 0.197 e. The molecule has 2 aromatic rings. The Labute approximate surface area is 103 Å². The van der Waals surface area contributed by atoms with Crippen LogP contribution in [0.15, 0.2) is 24.3 Å². The Morgan fingerprint density at radius 2 is 2.12 bits per heavy atom. The Hall–Kier alpha value is -1.75. The molecule has 0 spiro atoms. The molecule has 0 fully saturated rings. The average Bonchev–Trinajstić information content (AvgIpc) is 2.27. The monoisotopic (exact) mass is 250 g/mol. The third kappa shape index (κ3) is 2.50. The van der Waals surface area contributed by atoms with Crippen LogP contribution in [-0.2, 0) is 0 Å². The molecule has 0 radical (unpaired) electrons. The molecule has 0 saturated carbocycles. The number of aryl methyl sites for hydroxylation is 1. The van der Waals surface area contributed by atoms with Crippen LogP contribution >= 0.6 is 12.2 Å². The molecule has 5 heteroatoms. The van der Waals surface area contributed by atoms with Gasteiger partial charge in [-0.2, -0.15) is 0 Å². The fourth-order valence-electron chi connectivity index (χ4n) is 1.60. The number of nitrogens with zero attached hydrogens (tertiary/aromatic N) is 1. The molecule has 1 heterocycles. The molecule has 0 amide bonds. The minimum atomic E-state index is -0.334. The van der Waals surface area contributed by atoms with Crippen LogP contribution in [0.4, 0.5) is 4.39 Å². The van der Waals surface area contributed by atoms with Crippen LogP contribution in [-0.4, -0.2) is 17.1 Å². The van der Waals surface area contributed by atoms with Gasteiger partial charge in [-0.1, -0.05) is 0 Å². The van der Waals surface area contributed by atoms with Crippen molar-refractivity contribution in [3.63, 3.8) is 0 Å². The number of ether oxygens (including phenoxy) is 1. The maximum atomic E-state index is 13.3. The summed E-state index contributed by atoms with van der Waals surface area (Å²) in [6, 6.07) is 6.10. The second-order valence-electron chi connectivity index (χ2n) is 3.60. The zero-order valence-corrected chi connectivity index (χ0v) is 10.3. The van der Waals surface area contributed by atoms with Gasteiger partial charge in [-0.15, -0.1) is 0 Å². The van der Waals surface area contributed by atoms with Crippen molar-refractivity contribution in [2.45, 2.75) is 6.92 Å². The molecule has 0 atom stereocenters. The first-order valence-electron chi connectivity index (χ1n) is 5.02. The molecule has 88 valence electrons. The zero-order valence-electron chi connectivity index (χ0n) is 9.45. The van der Waals surface area contributed by atoms with E-state index >= 15 is 0 Å². The number of halogens is 1. The summed E-state index contributed by atoms with van der Waals surface area (Å²) in [6.07, 6.45) is 0. The predicted octanol–water partition coefficient (Wildman–Crippen LogP) is 3.26. The van der Waals surface area contributed by atoms with E-state index in [1.165, 1.54) is 19.2 Å². The molecule has 0 saturated heterocycles. The van der Waals surface area contributed by atoms with Gasteiger partial charge in [0.2, 0.25) is 0 Å². The van der Waals surface area contributed by atoms with Crippen LogP contribution in [0.3, 0.4) is 0 Å². The Morgan fingerprint density at radius 1 is 1.35 bits per heavy atom. The van der Waals surface area contributed by atoms with Gasteiger partial charge in [0, 0.05) is 11.3 Å². The summed E-state index contributed by atoms with van der Waals surface area (Å²) in [6.45, 7) is 1.87. The van der Waals surface area contributed by atoms with E-state index in [0.717, 1.165) is 5.69 Å². The molecular weight excluding hydrogens is 239 g/mol. The molecule has 0 aliphatic rings. The van der Waals surface area contributed by atoms with Crippen molar-refractivity contribution in [3.8, 4) is 17.0 Å². The van der Waals surface area contributed by atoms with Crippen molar-refractivity contribution in [2.75, 3.05) is 7.11 Å². The van der Waals surface area contributed by atoms with Crippen LogP contribution in [0.2, 0.25) is 0 Å². The van der Waals surface area contributed by atoms with Crippen molar-refractivity contribution in [3.05, 3.63) is 40.5 Å². The third-order valence-corrected chi connectivity index (χ3v) is 2.51. The summed E-state index contributed by atoms with van der Waals surface area (Å²) in [5, 5.41) is 0. The van der Waals surface area contributed by atoms with E-state index in [-0.39, 0.29) is 5.82 Å². The van der Waals surface area contributed by atoms with Crippen molar-refractivity contribution in [1.29, 1.82) is 0 Å². The number of nitrogens with one attached hydrogen (secondary N) is 1. The van der Waals surface area contributed by atoms with Crippen molar-refractivity contribution in [2.24, 2.45) is 0 Å². The van der Waals surface area contributed by atoms with Gasteiger partial charge in [-0.3, -0.25) is 0 Å². The lowest BCUT2D eigenvalue weighted by molar-refractivity contribution is 0.415. The van der Waals surface area contributed by atoms with Crippen molar-refractivity contribution in [1.82, 2.24) is 9.97 Å². The summed E-state index contributed by atoms with van der Waals surface area (Å²) in [4.78, 5) is 7.07. The molecule has 0 aliphatic carbocycles. The van der Waals surface area contributed by atoms with E-state index in [9.17, 15) is 4.39 Å². The number of benzene rings is 1. The summed E-state index contributed by atoms with van der Waals surface area (Å²) in [5.41, 5.74) is 2.06. The largest absolute Gasteiger partial charge is 0.496 e. The van der Waals surface area contributed by atoms with Gasteiger partial charge in [-0.05, 0) is 43.4 Å². The molecule has 0 unspecified atom stereocenters. The number of aromatic amines is 1. The standard InChI is InChI=1S/C12H11FN2OS/c1-7-5-10(15-12(17)14-7)9-6-8(13)3-4-11(9)16-2/h3-6H,1-2H3,(H,14,15,17). The quantitative estimate of drug-likeness (QED) is 0.831. The second-order valence-corrected chi connectivity index (χ2v) is 3.99. The van der Waals surface area contributed by atoms with E-state index in [1.807, 2.05) is 6.92 Å². The molecule has 1 aromatic heterocycles. The van der Waals surface area contributed by atoms with Gasteiger partial charge in [-0.25, -0.2) is 9.37 Å². The first-order valence-corrected chi connectivity index (χ1v) is 5.43. The van der Waals surface area contributed by atoms with Gasteiger partial charge in [0.1, 0.15) is 11.6 Å². The minimum Gasteiger partial charge on any atom is -0.496 e. The molecule has 0 bridgehead atoms. The first kappa shape index (κ1) is 11.7. The Bertz CT molecular complexity index is 610.